The van der Waals surface area contributed by atoms with Gasteiger partial charge in [0.1, 0.15) is 11.4 Å². The van der Waals surface area contributed by atoms with Gasteiger partial charge in [-0.1, -0.05) is 42.5 Å². The van der Waals surface area contributed by atoms with Crippen LogP contribution in [0.3, 0.4) is 0 Å². The van der Waals surface area contributed by atoms with Crippen molar-refractivity contribution in [1.29, 1.82) is 0 Å². The molecule has 1 unspecified atom stereocenters. The number of rotatable bonds is 7. The number of nitrogens with zero attached hydrogens (tertiary/aromatic N) is 1. The normalized spacial score (nSPS) is 13.8. The van der Waals surface area contributed by atoms with Gasteiger partial charge in [0, 0.05) is 6.54 Å². The molecule has 0 aliphatic carbocycles. The molecule has 25 heavy (non-hydrogen) atoms. The molecule has 2 aromatic carbocycles. The SMILES string of the molecule is CCNC(=NCc1cccc(OC)c1)NCC(C)(O)c1ccccc1. The van der Waals surface area contributed by atoms with Gasteiger partial charge >= 0.3 is 0 Å². The average molecular weight is 341 g/mol. The first-order valence-electron chi connectivity index (χ1n) is 8.48. The summed E-state index contributed by atoms with van der Waals surface area (Å²) >= 11 is 0. The van der Waals surface area contributed by atoms with E-state index in [2.05, 4.69) is 15.6 Å². The van der Waals surface area contributed by atoms with Crippen LogP contribution in [0.2, 0.25) is 0 Å². The molecule has 0 fully saturated rings. The second-order valence-corrected chi connectivity index (χ2v) is 6.04. The Bertz CT molecular complexity index is 684. The second-order valence-electron chi connectivity index (χ2n) is 6.04. The van der Waals surface area contributed by atoms with Gasteiger partial charge in [-0.25, -0.2) is 4.99 Å². The van der Waals surface area contributed by atoms with Crippen LogP contribution in [-0.4, -0.2) is 31.3 Å². The Kier molecular flexibility index (Phi) is 6.83. The van der Waals surface area contributed by atoms with Crippen molar-refractivity contribution < 1.29 is 9.84 Å². The fourth-order valence-electron chi connectivity index (χ4n) is 2.44. The van der Waals surface area contributed by atoms with Crippen LogP contribution in [0, 0.1) is 0 Å². The molecule has 5 nitrogen and oxygen atoms in total. The smallest absolute Gasteiger partial charge is 0.191 e. The highest BCUT2D eigenvalue weighted by Gasteiger charge is 2.22. The molecular weight excluding hydrogens is 314 g/mol. The van der Waals surface area contributed by atoms with Crippen LogP contribution in [-0.2, 0) is 12.1 Å². The maximum absolute atomic E-state index is 10.7. The zero-order chi connectivity index (χ0) is 18.1. The summed E-state index contributed by atoms with van der Waals surface area (Å²) in [4.78, 5) is 4.58. The van der Waals surface area contributed by atoms with E-state index in [9.17, 15) is 5.11 Å². The first-order valence-corrected chi connectivity index (χ1v) is 8.48. The van der Waals surface area contributed by atoms with Crippen molar-refractivity contribution in [2.45, 2.75) is 26.0 Å². The zero-order valence-electron chi connectivity index (χ0n) is 15.1. The van der Waals surface area contributed by atoms with Crippen LogP contribution in [0.15, 0.2) is 59.6 Å². The molecule has 5 heteroatoms. The van der Waals surface area contributed by atoms with Crippen molar-refractivity contribution in [3.05, 3.63) is 65.7 Å². The van der Waals surface area contributed by atoms with Crippen LogP contribution in [0.5, 0.6) is 5.75 Å². The summed E-state index contributed by atoms with van der Waals surface area (Å²) in [5, 5.41) is 17.1. The summed E-state index contributed by atoms with van der Waals surface area (Å²) in [6, 6.07) is 17.5. The number of methoxy groups -OCH3 is 1. The summed E-state index contributed by atoms with van der Waals surface area (Å²) in [6.45, 7) is 5.44. The summed E-state index contributed by atoms with van der Waals surface area (Å²) in [7, 11) is 1.65. The fraction of sp³-hybridized carbons (Fsp3) is 0.350. The summed E-state index contributed by atoms with van der Waals surface area (Å²) < 4.78 is 5.24. The standard InChI is InChI=1S/C20H27N3O2/c1-4-21-19(22-14-16-9-8-12-18(13-16)25-3)23-15-20(2,24)17-10-6-5-7-11-17/h5-13,24H,4,14-15H2,1-3H3,(H2,21,22,23). The van der Waals surface area contributed by atoms with Crippen LogP contribution in [0.1, 0.15) is 25.0 Å². The largest absolute Gasteiger partial charge is 0.497 e. The minimum absolute atomic E-state index is 0.362. The van der Waals surface area contributed by atoms with Crippen molar-refractivity contribution in [3.8, 4) is 5.75 Å². The van der Waals surface area contributed by atoms with Gasteiger partial charge < -0.3 is 20.5 Å². The molecule has 0 saturated heterocycles. The molecule has 0 amide bonds. The Morgan fingerprint density at radius 3 is 2.56 bits per heavy atom. The number of benzene rings is 2. The number of hydrogen-bond donors (Lipinski definition) is 3. The molecule has 3 N–H and O–H groups in total. The minimum Gasteiger partial charge on any atom is -0.497 e. The molecule has 134 valence electrons. The topological polar surface area (TPSA) is 65.9 Å². The van der Waals surface area contributed by atoms with Gasteiger partial charge in [0.15, 0.2) is 5.96 Å². The molecule has 0 saturated carbocycles. The molecule has 1 atom stereocenters. The summed E-state index contributed by atoms with van der Waals surface area (Å²) in [5.74, 6) is 1.49. The summed E-state index contributed by atoms with van der Waals surface area (Å²) in [5.41, 5.74) is 0.950. The van der Waals surface area contributed by atoms with E-state index in [1.807, 2.05) is 61.5 Å². The number of ether oxygens (including phenoxy) is 1. The van der Waals surface area contributed by atoms with Crippen molar-refractivity contribution in [2.24, 2.45) is 4.99 Å². The predicted molar refractivity (Wildman–Crippen MR) is 102 cm³/mol. The van der Waals surface area contributed by atoms with Crippen molar-refractivity contribution in [2.75, 3.05) is 20.2 Å². The Balaban J connectivity index is 2.02. The first kappa shape index (κ1) is 18.8. The molecule has 0 aliphatic rings. The minimum atomic E-state index is -0.979. The van der Waals surface area contributed by atoms with E-state index < -0.39 is 5.60 Å². The second kappa shape index (κ2) is 9.08. The van der Waals surface area contributed by atoms with Crippen molar-refractivity contribution in [3.63, 3.8) is 0 Å². The Hall–Kier alpha value is -2.53. The number of hydrogen-bond acceptors (Lipinski definition) is 3. The van der Waals surface area contributed by atoms with E-state index in [1.165, 1.54) is 0 Å². The van der Waals surface area contributed by atoms with Crippen LogP contribution < -0.4 is 15.4 Å². The molecule has 2 aromatic rings. The lowest BCUT2D eigenvalue weighted by molar-refractivity contribution is 0.0617. The summed E-state index contributed by atoms with van der Waals surface area (Å²) in [6.07, 6.45) is 0. The third-order valence-electron chi connectivity index (χ3n) is 3.89. The molecule has 0 bridgehead atoms. The number of guanidine groups is 1. The molecule has 0 heterocycles. The van der Waals surface area contributed by atoms with E-state index in [0.717, 1.165) is 23.4 Å². The lowest BCUT2D eigenvalue weighted by Crippen LogP contribution is -2.44. The molecular formula is C20H27N3O2. The van der Waals surface area contributed by atoms with Gasteiger partial charge in [0.05, 0.1) is 20.2 Å². The average Bonchev–Trinajstić information content (AvgIpc) is 2.65. The highest BCUT2D eigenvalue weighted by molar-refractivity contribution is 5.79. The van der Waals surface area contributed by atoms with Gasteiger partial charge in [-0.15, -0.1) is 0 Å². The number of nitrogens with one attached hydrogen (secondary N) is 2. The van der Waals surface area contributed by atoms with E-state index in [1.54, 1.807) is 14.0 Å². The van der Waals surface area contributed by atoms with E-state index >= 15 is 0 Å². The molecule has 0 aliphatic heterocycles. The number of aliphatic imine (C=N–C) groups is 1. The lowest BCUT2D eigenvalue weighted by Gasteiger charge is -2.25. The van der Waals surface area contributed by atoms with Gasteiger partial charge in [0.25, 0.3) is 0 Å². The molecule has 0 aromatic heterocycles. The monoisotopic (exact) mass is 341 g/mol. The predicted octanol–water partition coefficient (Wildman–Crippen LogP) is 2.66. The van der Waals surface area contributed by atoms with Crippen LogP contribution >= 0.6 is 0 Å². The molecule has 0 radical (unpaired) electrons. The molecule has 0 spiro atoms. The molecule has 2 rings (SSSR count). The third kappa shape index (κ3) is 5.80. The van der Waals surface area contributed by atoms with E-state index in [4.69, 9.17) is 4.74 Å². The van der Waals surface area contributed by atoms with Gasteiger partial charge in [-0.3, -0.25) is 0 Å². The van der Waals surface area contributed by atoms with E-state index in [-0.39, 0.29) is 0 Å². The zero-order valence-corrected chi connectivity index (χ0v) is 15.1. The van der Waals surface area contributed by atoms with Crippen LogP contribution in [0.4, 0.5) is 0 Å². The lowest BCUT2D eigenvalue weighted by atomic mass is 9.96. The Morgan fingerprint density at radius 2 is 1.88 bits per heavy atom. The van der Waals surface area contributed by atoms with E-state index in [0.29, 0.717) is 19.0 Å². The van der Waals surface area contributed by atoms with Gasteiger partial charge in [-0.2, -0.15) is 0 Å². The quantitative estimate of drug-likeness (QED) is 0.535. The highest BCUT2D eigenvalue weighted by Crippen LogP contribution is 2.19. The Morgan fingerprint density at radius 1 is 1.12 bits per heavy atom. The maximum Gasteiger partial charge on any atom is 0.191 e. The first-order chi connectivity index (χ1) is 12.0. The van der Waals surface area contributed by atoms with Crippen molar-refractivity contribution in [1.82, 2.24) is 10.6 Å². The highest BCUT2D eigenvalue weighted by atomic mass is 16.5. The third-order valence-corrected chi connectivity index (χ3v) is 3.89. The maximum atomic E-state index is 10.7. The van der Waals surface area contributed by atoms with Gasteiger partial charge in [-0.05, 0) is 37.1 Å². The van der Waals surface area contributed by atoms with Crippen molar-refractivity contribution >= 4 is 5.96 Å². The van der Waals surface area contributed by atoms with Gasteiger partial charge in [0.2, 0.25) is 0 Å². The Labute approximate surface area is 149 Å². The number of aliphatic hydroxyl groups is 1. The fourth-order valence-corrected chi connectivity index (χ4v) is 2.44. The van der Waals surface area contributed by atoms with Crippen LogP contribution in [0.25, 0.3) is 0 Å².